The molecular weight excluding hydrogens is 255 g/mol. The van der Waals surface area contributed by atoms with Crippen LogP contribution in [0.25, 0.3) is 0 Å². The molecule has 1 heterocycles. The number of carbonyl (C=O) groups excluding carboxylic acids is 1. The third-order valence-corrected chi connectivity index (χ3v) is 2.66. The van der Waals surface area contributed by atoms with Crippen molar-refractivity contribution in [2.24, 2.45) is 0 Å². The van der Waals surface area contributed by atoms with Crippen molar-refractivity contribution in [1.82, 2.24) is 10.3 Å². The fraction of sp³-hybridized carbons (Fsp3) is 0.0769. The lowest BCUT2D eigenvalue weighted by atomic mass is 10.2. The molecule has 1 aromatic carbocycles. The zero-order valence-corrected chi connectivity index (χ0v) is 10.1. The van der Waals surface area contributed by atoms with Crippen molar-refractivity contribution >= 4 is 17.5 Å². The average molecular weight is 265 g/mol. The van der Waals surface area contributed by atoms with E-state index in [4.69, 9.17) is 11.6 Å². The Balaban J connectivity index is 2.09. The van der Waals surface area contributed by atoms with Crippen molar-refractivity contribution in [1.29, 1.82) is 0 Å². The van der Waals surface area contributed by atoms with E-state index in [1.807, 2.05) is 6.07 Å². The van der Waals surface area contributed by atoms with Crippen LogP contribution in [0.3, 0.4) is 0 Å². The summed E-state index contributed by atoms with van der Waals surface area (Å²) in [6, 6.07) is 9.47. The summed E-state index contributed by atoms with van der Waals surface area (Å²) in [5.74, 6) is -1.19. The van der Waals surface area contributed by atoms with E-state index >= 15 is 0 Å². The third kappa shape index (κ3) is 2.84. The summed E-state index contributed by atoms with van der Waals surface area (Å²) in [4.78, 5) is 15.8. The van der Waals surface area contributed by atoms with Gasteiger partial charge in [-0.3, -0.25) is 9.78 Å². The third-order valence-electron chi connectivity index (χ3n) is 2.35. The lowest BCUT2D eigenvalue weighted by Crippen LogP contribution is -2.24. The molecule has 0 saturated carbocycles. The zero-order chi connectivity index (χ0) is 13.0. The van der Waals surface area contributed by atoms with Crippen molar-refractivity contribution in [3.05, 3.63) is 64.7 Å². The Morgan fingerprint density at radius 2 is 2.11 bits per heavy atom. The first-order valence-corrected chi connectivity index (χ1v) is 5.68. The molecule has 1 aromatic heterocycles. The summed E-state index contributed by atoms with van der Waals surface area (Å²) >= 11 is 5.79. The second-order valence-electron chi connectivity index (χ2n) is 3.60. The van der Waals surface area contributed by atoms with Crippen LogP contribution < -0.4 is 5.32 Å². The Labute approximate surface area is 109 Å². The second-order valence-corrected chi connectivity index (χ2v) is 4.01. The first kappa shape index (κ1) is 12.5. The fourth-order valence-electron chi connectivity index (χ4n) is 1.48. The molecule has 0 fully saturated rings. The lowest BCUT2D eigenvalue weighted by Gasteiger charge is -2.07. The molecular formula is C13H10ClFN2O. The number of aromatic nitrogens is 1. The maximum atomic E-state index is 13.5. The van der Waals surface area contributed by atoms with E-state index < -0.39 is 11.7 Å². The van der Waals surface area contributed by atoms with Gasteiger partial charge in [-0.2, -0.15) is 0 Å². The van der Waals surface area contributed by atoms with Crippen LogP contribution in [0.2, 0.25) is 5.02 Å². The van der Waals surface area contributed by atoms with E-state index in [0.717, 1.165) is 0 Å². The summed E-state index contributed by atoms with van der Waals surface area (Å²) < 4.78 is 13.5. The smallest absolute Gasteiger partial charge is 0.256 e. The van der Waals surface area contributed by atoms with Gasteiger partial charge in [0.25, 0.3) is 5.91 Å². The van der Waals surface area contributed by atoms with Gasteiger partial charge in [-0.05, 0) is 24.3 Å². The number of pyridine rings is 1. The van der Waals surface area contributed by atoms with E-state index in [-0.39, 0.29) is 17.1 Å². The second kappa shape index (κ2) is 5.60. The number of hydrogen-bond acceptors (Lipinski definition) is 2. The number of benzene rings is 1. The van der Waals surface area contributed by atoms with Crippen LogP contribution in [0.1, 0.15) is 16.1 Å². The molecule has 0 radical (unpaired) electrons. The number of rotatable bonds is 3. The number of hydrogen-bond donors (Lipinski definition) is 1. The Morgan fingerprint density at radius 3 is 2.78 bits per heavy atom. The summed E-state index contributed by atoms with van der Waals surface area (Å²) in [5, 5.41) is 2.66. The van der Waals surface area contributed by atoms with Gasteiger partial charge in [0.1, 0.15) is 5.82 Å². The van der Waals surface area contributed by atoms with Gasteiger partial charge < -0.3 is 5.32 Å². The van der Waals surface area contributed by atoms with Crippen LogP contribution in [-0.4, -0.2) is 10.9 Å². The summed E-state index contributed by atoms with van der Waals surface area (Å²) in [6.07, 6.45) is 1.62. The van der Waals surface area contributed by atoms with Crippen LogP contribution in [0.15, 0.2) is 42.6 Å². The van der Waals surface area contributed by atoms with Crippen LogP contribution in [0.4, 0.5) is 4.39 Å². The van der Waals surface area contributed by atoms with Gasteiger partial charge in [-0.1, -0.05) is 23.7 Å². The topological polar surface area (TPSA) is 42.0 Å². The predicted octanol–water partition coefficient (Wildman–Crippen LogP) is 2.80. The van der Waals surface area contributed by atoms with Crippen molar-refractivity contribution in [3.8, 4) is 0 Å². The molecule has 0 bridgehead atoms. The van der Waals surface area contributed by atoms with E-state index in [1.165, 1.54) is 18.2 Å². The highest BCUT2D eigenvalue weighted by molar-refractivity contribution is 6.33. The Kier molecular flexibility index (Phi) is 3.89. The summed E-state index contributed by atoms with van der Waals surface area (Å²) in [5.41, 5.74) is 0.549. The van der Waals surface area contributed by atoms with Gasteiger partial charge in [0.15, 0.2) is 0 Å². The molecule has 0 aliphatic heterocycles. The van der Waals surface area contributed by atoms with E-state index in [2.05, 4.69) is 10.3 Å². The highest BCUT2D eigenvalue weighted by atomic mass is 35.5. The molecule has 0 atom stereocenters. The molecule has 0 aliphatic rings. The van der Waals surface area contributed by atoms with Crippen molar-refractivity contribution in [2.75, 3.05) is 0 Å². The molecule has 18 heavy (non-hydrogen) atoms. The molecule has 2 aromatic rings. The monoisotopic (exact) mass is 264 g/mol. The standard InChI is InChI=1S/C13H10ClFN2O/c14-10-5-3-6-11(15)12(10)13(18)17-8-9-4-1-2-7-16-9/h1-7H,8H2,(H,17,18). The van der Waals surface area contributed by atoms with E-state index in [0.29, 0.717) is 5.69 Å². The van der Waals surface area contributed by atoms with Gasteiger partial charge in [-0.25, -0.2) is 4.39 Å². The molecule has 0 aliphatic carbocycles. The molecule has 5 heteroatoms. The van der Waals surface area contributed by atoms with Crippen molar-refractivity contribution in [2.45, 2.75) is 6.54 Å². The van der Waals surface area contributed by atoms with Gasteiger partial charge >= 0.3 is 0 Å². The van der Waals surface area contributed by atoms with Crippen molar-refractivity contribution < 1.29 is 9.18 Å². The summed E-state index contributed by atoms with van der Waals surface area (Å²) in [7, 11) is 0. The maximum absolute atomic E-state index is 13.5. The lowest BCUT2D eigenvalue weighted by molar-refractivity contribution is 0.0946. The number of carbonyl (C=O) groups is 1. The molecule has 2 rings (SSSR count). The minimum atomic E-state index is -0.638. The largest absolute Gasteiger partial charge is 0.346 e. The molecule has 0 unspecified atom stereocenters. The fourth-order valence-corrected chi connectivity index (χ4v) is 1.73. The van der Waals surface area contributed by atoms with Crippen molar-refractivity contribution in [3.63, 3.8) is 0 Å². The van der Waals surface area contributed by atoms with Gasteiger partial charge in [0, 0.05) is 6.20 Å². The highest BCUT2D eigenvalue weighted by Crippen LogP contribution is 2.18. The molecule has 3 nitrogen and oxygen atoms in total. The molecule has 92 valence electrons. The number of amides is 1. The number of nitrogens with one attached hydrogen (secondary N) is 1. The maximum Gasteiger partial charge on any atom is 0.256 e. The summed E-state index contributed by atoms with van der Waals surface area (Å²) in [6.45, 7) is 0.227. The van der Waals surface area contributed by atoms with E-state index in [9.17, 15) is 9.18 Å². The quantitative estimate of drug-likeness (QED) is 0.926. The van der Waals surface area contributed by atoms with Crippen LogP contribution in [0.5, 0.6) is 0 Å². The minimum Gasteiger partial charge on any atom is -0.346 e. The Morgan fingerprint density at radius 1 is 1.28 bits per heavy atom. The minimum absolute atomic E-state index is 0.0912. The molecule has 1 N–H and O–H groups in total. The molecule has 0 saturated heterocycles. The van der Waals surface area contributed by atoms with Gasteiger partial charge in [-0.15, -0.1) is 0 Å². The van der Waals surface area contributed by atoms with Gasteiger partial charge in [0.05, 0.1) is 22.8 Å². The Bertz CT molecular complexity index is 540. The SMILES string of the molecule is O=C(NCc1ccccn1)c1c(F)cccc1Cl. The number of halogens is 2. The van der Waals surface area contributed by atoms with Crippen LogP contribution in [0, 0.1) is 5.82 Å². The molecule has 1 amide bonds. The van der Waals surface area contributed by atoms with Gasteiger partial charge in [0.2, 0.25) is 0 Å². The van der Waals surface area contributed by atoms with Crippen LogP contribution in [-0.2, 0) is 6.54 Å². The van der Waals surface area contributed by atoms with E-state index in [1.54, 1.807) is 18.3 Å². The molecule has 0 spiro atoms. The van der Waals surface area contributed by atoms with Crippen LogP contribution >= 0.6 is 11.6 Å². The normalized spacial score (nSPS) is 10.1. The zero-order valence-electron chi connectivity index (χ0n) is 9.36. The average Bonchev–Trinajstić information content (AvgIpc) is 2.37. The first-order valence-electron chi connectivity index (χ1n) is 5.30. The predicted molar refractivity (Wildman–Crippen MR) is 66.8 cm³/mol. The number of nitrogens with zero attached hydrogens (tertiary/aromatic N) is 1. The Hall–Kier alpha value is -1.94. The highest BCUT2D eigenvalue weighted by Gasteiger charge is 2.15. The first-order chi connectivity index (χ1) is 8.68.